The molecule has 1 saturated heterocycles. The fourth-order valence-corrected chi connectivity index (χ4v) is 2.61. The van der Waals surface area contributed by atoms with Gasteiger partial charge in [0.2, 0.25) is 5.91 Å². The van der Waals surface area contributed by atoms with Crippen LogP contribution in [0.3, 0.4) is 0 Å². The van der Waals surface area contributed by atoms with Gasteiger partial charge in [0.1, 0.15) is 0 Å². The van der Waals surface area contributed by atoms with Crippen molar-refractivity contribution < 1.29 is 9.53 Å². The second-order valence-electron chi connectivity index (χ2n) is 5.68. The van der Waals surface area contributed by atoms with E-state index in [1.54, 1.807) is 0 Å². The minimum absolute atomic E-state index is 0.162. The van der Waals surface area contributed by atoms with Gasteiger partial charge >= 0.3 is 0 Å². The highest BCUT2D eigenvalue weighted by atomic mass is 16.5. The predicted molar refractivity (Wildman–Crippen MR) is 66.5 cm³/mol. The molecule has 1 amide bonds. The fraction of sp³-hybridized carbons (Fsp3) is 0.923. The number of ether oxygens (including phenoxy) is 1. The maximum absolute atomic E-state index is 12.6. The first kappa shape index (κ1) is 12.8. The Labute approximate surface area is 103 Å². The van der Waals surface area contributed by atoms with Crippen LogP contribution in [0, 0.1) is 11.3 Å². The Balaban J connectivity index is 2.00. The van der Waals surface area contributed by atoms with Gasteiger partial charge in [0.15, 0.2) is 0 Å². The van der Waals surface area contributed by atoms with Crippen LogP contribution in [0.4, 0.5) is 0 Å². The fourth-order valence-electron chi connectivity index (χ4n) is 2.61. The molecule has 4 heteroatoms. The summed E-state index contributed by atoms with van der Waals surface area (Å²) in [7, 11) is 0. The highest BCUT2D eigenvalue weighted by molar-refractivity contribution is 5.83. The number of rotatable bonds is 4. The van der Waals surface area contributed by atoms with E-state index in [-0.39, 0.29) is 11.9 Å². The molecule has 2 fully saturated rings. The van der Waals surface area contributed by atoms with E-state index < -0.39 is 5.41 Å². The van der Waals surface area contributed by atoms with E-state index >= 15 is 0 Å². The Kier molecular flexibility index (Phi) is 3.73. The van der Waals surface area contributed by atoms with Gasteiger partial charge in [-0.15, -0.1) is 0 Å². The molecule has 2 aliphatic rings. The lowest BCUT2D eigenvalue weighted by Gasteiger charge is -2.37. The summed E-state index contributed by atoms with van der Waals surface area (Å²) in [6.07, 6.45) is 3.85. The molecule has 1 saturated carbocycles. The van der Waals surface area contributed by atoms with Gasteiger partial charge in [0, 0.05) is 19.1 Å². The quantitative estimate of drug-likeness (QED) is 0.797. The van der Waals surface area contributed by atoms with Gasteiger partial charge < -0.3 is 15.4 Å². The number of carbonyl (C=O) groups excluding carboxylic acids is 1. The lowest BCUT2D eigenvalue weighted by Crippen LogP contribution is -2.52. The zero-order valence-corrected chi connectivity index (χ0v) is 10.9. The summed E-state index contributed by atoms with van der Waals surface area (Å²) in [6, 6.07) is -0.162. The third kappa shape index (κ3) is 2.33. The minimum atomic E-state index is -0.514. The van der Waals surface area contributed by atoms with Gasteiger partial charge in [-0.05, 0) is 32.6 Å². The number of carbonyl (C=O) groups is 1. The van der Waals surface area contributed by atoms with E-state index in [0.29, 0.717) is 19.1 Å². The Morgan fingerprint density at radius 3 is 2.65 bits per heavy atom. The zero-order valence-electron chi connectivity index (χ0n) is 10.9. The van der Waals surface area contributed by atoms with Gasteiger partial charge in [-0.3, -0.25) is 4.79 Å². The summed E-state index contributed by atoms with van der Waals surface area (Å²) in [5.41, 5.74) is 5.50. The third-order valence-electron chi connectivity index (χ3n) is 4.38. The van der Waals surface area contributed by atoms with Crippen LogP contribution in [0.1, 0.15) is 33.1 Å². The number of hydrogen-bond acceptors (Lipinski definition) is 3. The average Bonchev–Trinajstić information content (AvgIpc) is 2.59. The largest absolute Gasteiger partial charge is 0.379 e. The molecule has 0 aromatic carbocycles. The van der Waals surface area contributed by atoms with Crippen molar-refractivity contribution in [1.82, 2.24) is 4.90 Å². The monoisotopic (exact) mass is 240 g/mol. The number of hydrogen-bond donors (Lipinski definition) is 1. The summed E-state index contributed by atoms with van der Waals surface area (Å²) in [4.78, 5) is 14.5. The topological polar surface area (TPSA) is 55.6 Å². The average molecular weight is 240 g/mol. The van der Waals surface area contributed by atoms with Gasteiger partial charge in [-0.2, -0.15) is 0 Å². The van der Waals surface area contributed by atoms with Crippen molar-refractivity contribution in [3.8, 4) is 0 Å². The van der Waals surface area contributed by atoms with E-state index in [2.05, 4.69) is 0 Å². The van der Waals surface area contributed by atoms with Crippen LogP contribution < -0.4 is 5.73 Å². The first-order valence-corrected chi connectivity index (χ1v) is 6.70. The lowest BCUT2D eigenvalue weighted by molar-refractivity contribution is -0.142. The molecule has 0 bridgehead atoms. The first-order chi connectivity index (χ1) is 8.08. The van der Waals surface area contributed by atoms with Crippen LogP contribution >= 0.6 is 0 Å². The SMILES string of the molecule is CCN(CC1CCC1)C(=O)C1(C)COCC1N. The van der Waals surface area contributed by atoms with Crippen molar-refractivity contribution in [3.63, 3.8) is 0 Å². The van der Waals surface area contributed by atoms with Gasteiger partial charge in [0.05, 0.1) is 18.6 Å². The number of nitrogens with two attached hydrogens (primary N) is 1. The maximum Gasteiger partial charge on any atom is 0.232 e. The summed E-state index contributed by atoms with van der Waals surface area (Å²) < 4.78 is 5.36. The summed E-state index contributed by atoms with van der Waals surface area (Å²) in [6.45, 7) is 6.63. The highest BCUT2D eigenvalue weighted by Gasteiger charge is 2.46. The number of amides is 1. The van der Waals surface area contributed by atoms with Crippen LogP contribution in [0.25, 0.3) is 0 Å². The van der Waals surface area contributed by atoms with Crippen LogP contribution in [-0.4, -0.2) is 43.2 Å². The maximum atomic E-state index is 12.6. The molecular formula is C13H24N2O2. The molecule has 1 heterocycles. The van der Waals surface area contributed by atoms with E-state index in [1.807, 2.05) is 18.7 Å². The molecule has 2 rings (SSSR count). The summed E-state index contributed by atoms with van der Waals surface area (Å²) in [5.74, 6) is 0.887. The lowest BCUT2D eigenvalue weighted by atomic mass is 9.82. The van der Waals surface area contributed by atoms with E-state index in [0.717, 1.165) is 13.1 Å². The van der Waals surface area contributed by atoms with Crippen molar-refractivity contribution in [2.45, 2.75) is 39.2 Å². The molecule has 4 nitrogen and oxygen atoms in total. The molecule has 2 unspecified atom stereocenters. The van der Waals surface area contributed by atoms with Crippen molar-refractivity contribution in [2.75, 3.05) is 26.3 Å². The second-order valence-corrected chi connectivity index (χ2v) is 5.68. The smallest absolute Gasteiger partial charge is 0.232 e. The molecule has 98 valence electrons. The minimum Gasteiger partial charge on any atom is -0.379 e. The molecule has 1 aliphatic heterocycles. The molecule has 2 atom stereocenters. The van der Waals surface area contributed by atoms with Crippen LogP contribution in [0.5, 0.6) is 0 Å². The van der Waals surface area contributed by atoms with Gasteiger partial charge in [-0.25, -0.2) is 0 Å². The standard InChI is InChI=1S/C13H24N2O2/c1-3-15(7-10-5-4-6-10)12(16)13(2)9-17-8-11(13)14/h10-11H,3-9,14H2,1-2H3. The van der Waals surface area contributed by atoms with Crippen molar-refractivity contribution in [1.29, 1.82) is 0 Å². The van der Waals surface area contributed by atoms with Crippen molar-refractivity contribution in [3.05, 3.63) is 0 Å². The molecule has 0 aromatic rings. The zero-order chi connectivity index (χ0) is 12.5. The van der Waals surface area contributed by atoms with Gasteiger partial charge in [0.25, 0.3) is 0 Å². The van der Waals surface area contributed by atoms with E-state index in [9.17, 15) is 4.79 Å². The van der Waals surface area contributed by atoms with Crippen LogP contribution in [0.15, 0.2) is 0 Å². The molecular weight excluding hydrogens is 216 g/mol. The Bertz CT molecular complexity index is 291. The molecule has 2 N–H and O–H groups in total. The molecule has 0 spiro atoms. The molecule has 1 aliphatic carbocycles. The number of nitrogens with zero attached hydrogens (tertiary/aromatic N) is 1. The van der Waals surface area contributed by atoms with Crippen LogP contribution in [0.2, 0.25) is 0 Å². The molecule has 0 aromatic heterocycles. The highest BCUT2D eigenvalue weighted by Crippen LogP contribution is 2.32. The Hall–Kier alpha value is -0.610. The molecule has 0 radical (unpaired) electrons. The third-order valence-corrected chi connectivity index (χ3v) is 4.38. The summed E-state index contributed by atoms with van der Waals surface area (Å²) in [5, 5.41) is 0. The van der Waals surface area contributed by atoms with Crippen LogP contribution in [-0.2, 0) is 9.53 Å². The van der Waals surface area contributed by atoms with Crippen molar-refractivity contribution >= 4 is 5.91 Å². The van der Waals surface area contributed by atoms with Crippen molar-refractivity contribution in [2.24, 2.45) is 17.1 Å². The second kappa shape index (κ2) is 4.94. The predicted octanol–water partition coefficient (Wildman–Crippen LogP) is 0.999. The Morgan fingerprint density at radius 1 is 1.53 bits per heavy atom. The first-order valence-electron chi connectivity index (χ1n) is 6.70. The normalized spacial score (nSPS) is 33.5. The summed E-state index contributed by atoms with van der Waals surface area (Å²) >= 11 is 0. The Morgan fingerprint density at radius 2 is 2.24 bits per heavy atom. The van der Waals surface area contributed by atoms with E-state index in [1.165, 1.54) is 19.3 Å². The van der Waals surface area contributed by atoms with E-state index in [4.69, 9.17) is 10.5 Å². The molecule has 17 heavy (non-hydrogen) atoms. The van der Waals surface area contributed by atoms with Gasteiger partial charge in [-0.1, -0.05) is 6.42 Å².